The Balaban J connectivity index is 1.95. The number of aromatic nitrogens is 2. The van der Waals surface area contributed by atoms with Crippen LogP contribution in [0.25, 0.3) is 0 Å². The molecule has 0 aliphatic carbocycles. The van der Waals surface area contributed by atoms with Crippen molar-refractivity contribution < 1.29 is 32.3 Å². The summed E-state index contributed by atoms with van der Waals surface area (Å²) in [6.45, 7) is 1.71. The molecule has 2 aromatic rings. The number of alkyl halides is 3. The van der Waals surface area contributed by atoms with Gasteiger partial charge in [-0.25, -0.2) is 0 Å². The minimum atomic E-state index is -4.55. The van der Waals surface area contributed by atoms with E-state index in [1.165, 1.54) is 6.07 Å². The van der Waals surface area contributed by atoms with E-state index in [1.54, 1.807) is 0 Å². The summed E-state index contributed by atoms with van der Waals surface area (Å²) in [7, 11) is 0. The lowest BCUT2D eigenvalue weighted by Crippen LogP contribution is -2.33. The predicted molar refractivity (Wildman–Crippen MR) is 91.1 cm³/mol. The first-order valence-electron chi connectivity index (χ1n) is 8.36. The molecule has 0 unspecified atom stereocenters. The Bertz CT molecular complexity index is 826. The van der Waals surface area contributed by atoms with Crippen LogP contribution in [0.1, 0.15) is 48.0 Å². The van der Waals surface area contributed by atoms with Crippen LogP contribution < -0.4 is 10.4 Å². The highest BCUT2D eigenvalue weighted by Gasteiger charge is 2.30. The summed E-state index contributed by atoms with van der Waals surface area (Å²) in [5, 5.41) is 20.1. The number of rotatable bonds is 9. The highest BCUT2D eigenvalue weighted by atomic mass is 32.2. The van der Waals surface area contributed by atoms with Gasteiger partial charge in [0.2, 0.25) is 5.89 Å². The predicted octanol–water partition coefficient (Wildman–Crippen LogP) is 2.42. The molecular formula is C17H17F3N3O4S-. The molecule has 11 heteroatoms. The number of carbonyl (C=O) groups excluding carboxylic acids is 2. The van der Waals surface area contributed by atoms with Crippen LogP contribution in [-0.4, -0.2) is 27.3 Å². The first-order chi connectivity index (χ1) is 13.2. The number of aliphatic carboxylic acids is 1. The lowest BCUT2D eigenvalue weighted by Gasteiger charge is -2.14. The number of hydrogen-bond acceptors (Lipinski definition) is 7. The molecule has 0 bridgehead atoms. The molecule has 1 heterocycles. The van der Waals surface area contributed by atoms with E-state index in [0.717, 1.165) is 36.4 Å². The van der Waals surface area contributed by atoms with E-state index in [9.17, 15) is 27.9 Å². The van der Waals surface area contributed by atoms with Gasteiger partial charge in [0, 0.05) is 5.56 Å². The molecule has 0 radical (unpaired) electrons. The summed E-state index contributed by atoms with van der Waals surface area (Å²) >= 11 is 0.853. The number of carboxylic acid groups (broad SMARTS) is 1. The fourth-order valence-corrected chi connectivity index (χ4v) is 3.04. The monoisotopic (exact) mass is 416 g/mol. The summed E-state index contributed by atoms with van der Waals surface area (Å²) in [6.07, 6.45) is -2.66. The Morgan fingerprint density at radius 3 is 2.71 bits per heavy atom. The van der Waals surface area contributed by atoms with E-state index in [-0.39, 0.29) is 23.2 Å². The van der Waals surface area contributed by atoms with Crippen molar-refractivity contribution in [2.24, 2.45) is 0 Å². The zero-order valence-electron chi connectivity index (χ0n) is 14.8. The first kappa shape index (κ1) is 21.7. The number of nitrogens with one attached hydrogen (secondary N) is 1. The van der Waals surface area contributed by atoms with Gasteiger partial charge in [0.15, 0.2) is 0 Å². The Labute approximate surface area is 162 Å². The molecule has 2 rings (SSSR count). The average molecular weight is 416 g/mol. The van der Waals surface area contributed by atoms with Gasteiger partial charge in [-0.2, -0.15) is 13.2 Å². The van der Waals surface area contributed by atoms with Crippen LogP contribution in [0.4, 0.5) is 13.2 Å². The number of halogens is 3. The van der Waals surface area contributed by atoms with Crippen LogP contribution in [0.15, 0.2) is 33.9 Å². The van der Waals surface area contributed by atoms with Gasteiger partial charge in [-0.3, -0.25) is 4.79 Å². The van der Waals surface area contributed by atoms with Crippen LogP contribution in [0, 0.1) is 0 Å². The minimum Gasteiger partial charge on any atom is -0.549 e. The molecule has 1 N–H and O–H groups in total. The fourth-order valence-electron chi connectivity index (χ4n) is 2.19. The number of thioether (sulfide) groups is 1. The van der Waals surface area contributed by atoms with E-state index in [4.69, 9.17) is 4.42 Å². The van der Waals surface area contributed by atoms with Crippen LogP contribution in [0.5, 0.6) is 0 Å². The average Bonchev–Trinajstić information content (AvgIpc) is 3.10. The van der Waals surface area contributed by atoms with Gasteiger partial charge in [-0.1, -0.05) is 37.6 Å². The molecule has 1 atom stereocenters. The number of unbranched alkanes of at least 4 members (excludes halogenated alkanes) is 1. The smallest absolute Gasteiger partial charge is 0.416 e. The molecule has 0 spiro atoms. The third-order valence-corrected chi connectivity index (χ3v) is 4.71. The van der Waals surface area contributed by atoms with E-state index < -0.39 is 28.9 Å². The molecule has 0 saturated heterocycles. The van der Waals surface area contributed by atoms with Crippen molar-refractivity contribution in [1.82, 2.24) is 15.5 Å². The number of hydrogen-bond donors (Lipinski definition) is 1. The molecule has 0 fully saturated rings. The highest BCUT2D eigenvalue weighted by Crippen LogP contribution is 2.29. The maximum atomic E-state index is 12.7. The molecular weight excluding hydrogens is 399 g/mol. The molecule has 28 heavy (non-hydrogen) atoms. The van der Waals surface area contributed by atoms with Crippen LogP contribution >= 0.6 is 11.8 Å². The van der Waals surface area contributed by atoms with Crippen molar-refractivity contribution in [2.45, 2.75) is 49.4 Å². The van der Waals surface area contributed by atoms with Crippen molar-refractivity contribution in [3.05, 3.63) is 41.3 Å². The molecule has 0 aliphatic heterocycles. The van der Waals surface area contributed by atoms with Gasteiger partial charge in [0.05, 0.1) is 23.3 Å². The van der Waals surface area contributed by atoms with E-state index >= 15 is 0 Å². The molecule has 0 aliphatic rings. The zero-order chi connectivity index (χ0) is 20.7. The van der Waals surface area contributed by atoms with E-state index in [1.807, 2.05) is 6.92 Å². The van der Waals surface area contributed by atoms with Crippen LogP contribution in [-0.2, 0) is 17.5 Å². The maximum absolute atomic E-state index is 12.7. The lowest BCUT2D eigenvalue weighted by atomic mass is 10.1. The topological polar surface area (TPSA) is 108 Å². The molecule has 1 aromatic carbocycles. The van der Waals surface area contributed by atoms with E-state index in [2.05, 4.69) is 15.5 Å². The quantitative estimate of drug-likeness (QED) is 0.626. The summed E-state index contributed by atoms with van der Waals surface area (Å²) < 4.78 is 43.4. The van der Waals surface area contributed by atoms with Gasteiger partial charge < -0.3 is 19.6 Å². The molecule has 0 saturated carbocycles. The second-order valence-corrected chi connectivity index (χ2v) is 6.94. The Morgan fingerprint density at radius 2 is 2.07 bits per heavy atom. The van der Waals surface area contributed by atoms with Gasteiger partial charge in [-0.05, 0) is 24.6 Å². The second-order valence-electron chi connectivity index (χ2n) is 5.79. The minimum absolute atomic E-state index is 0.00424. The number of amides is 1. The van der Waals surface area contributed by atoms with Gasteiger partial charge in [0.25, 0.3) is 11.1 Å². The normalized spacial score (nSPS) is 12.6. The Kier molecular flexibility index (Phi) is 7.44. The summed E-state index contributed by atoms with van der Waals surface area (Å²) in [4.78, 5) is 23.2. The van der Waals surface area contributed by atoms with Crippen LogP contribution in [0.2, 0.25) is 0 Å². The molecule has 1 aromatic heterocycles. The largest absolute Gasteiger partial charge is 0.549 e. The lowest BCUT2D eigenvalue weighted by molar-refractivity contribution is -0.304. The third-order valence-electron chi connectivity index (χ3n) is 3.63. The van der Waals surface area contributed by atoms with Crippen molar-refractivity contribution in [3.63, 3.8) is 0 Å². The standard InChI is InChI=1S/C17H18F3N3O4S/c1-2-3-7-12(15(25)26)28-16-23-22-13(27-16)9-21-14(24)10-5-4-6-11(8-10)17(18,19)20/h4-6,8,12H,2-3,7,9H2,1H3,(H,21,24)(H,25,26)/p-1/t12-/m0/s1. The maximum Gasteiger partial charge on any atom is 0.416 e. The third kappa shape index (κ3) is 6.25. The fraction of sp³-hybridized carbons (Fsp3) is 0.412. The van der Waals surface area contributed by atoms with Crippen LogP contribution in [0.3, 0.4) is 0 Å². The van der Waals surface area contributed by atoms with Crippen molar-refractivity contribution in [3.8, 4) is 0 Å². The SMILES string of the molecule is CCCC[C@H](Sc1nnc(CNC(=O)c2cccc(C(F)(F)F)c2)o1)C(=O)[O-]. The van der Waals surface area contributed by atoms with Crippen molar-refractivity contribution in [2.75, 3.05) is 0 Å². The molecule has 7 nitrogen and oxygen atoms in total. The first-order valence-corrected chi connectivity index (χ1v) is 9.24. The summed E-state index contributed by atoms with van der Waals surface area (Å²) in [5.41, 5.74) is -1.10. The Morgan fingerprint density at radius 1 is 1.32 bits per heavy atom. The van der Waals surface area contributed by atoms with E-state index in [0.29, 0.717) is 12.8 Å². The highest BCUT2D eigenvalue weighted by molar-refractivity contribution is 8.00. The number of carboxylic acids is 1. The van der Waals surface area contributed by atoms with Gasteiger partial charge in [-0.15, -0.1) is 10.2 Å². The van der Waals surface area contributed by atoms with Crippen molar-refractivity contribution >= 4 is 23.6 Å². The summed E-state index contributed by atoms with van der Waals surface area (Å²) in [6, 6.07) is 3.99. The molecule has 152 valence electrons. The number of carbonyl (C=O) groups is 2. The summed E-state index contributed by atoms with van der Waals surface area (Å²) in [5.74, 6) is -1.99. The van der Waals surface area contributed by atoms with Crippen molar-refractivity contribution in [1.29, 1.82) is 0 Å². The number of benzene rings is 1. The second kappa shape index (κ2) is 9.58. The van der Waals surface area contributed by atoms with Gasteiger partial charge >= 0.3 is 6.18 Å². The van der Waals surface area contributed by atoms with Gasteiger partial charge in [0.1, 0.15) is 0 Å². The zero-order valence-corrected chi connectivity index (χ0v) is 15.6. The Hall–Kier alpha value is -2.56. The molecule has 1 amide bonds. The number of nitrogens with zero attached hydrogens (tertiary/aromatic N) is 2.